The average molecular weight is 313 g/mol. The van der Waals surface area contributed by atoms with Crippen molar-refractivity contribution < 1.29 is 13.2 Å². The van der Waals surface area contributed by atoms with Crippen LogP contribution in [0.1, 0.15) is 48.8 Å². The van der Waals surface area contributed by atoms with E-state index in [0.717, 1.165) is 12.5 Å². The highest BCUT2D eigenvalue weighted by molar-refractivity contribution is 7.88. The van der Waals surface area contributed by atoms with Crippen LogP contribution in [0.3, 0.4) is 0 Å². The van der Waals surface area contributed by atoms with Gasteiger partial charge in [0.2, 0.25) is 10.0 Å². The number of rotatable bonds is 7. The van der Waals surface area contributed by atoms with E-state index in [2.05, 4.69) is 4.98 Å². The zero-order chi connectivity index (χ0) is 16.2. The second kappa shape index (κ2) is 7.00. The first-order valence-corrected chi connectivity index (χ1v) is 8.64. The summed E-state index contributed by atoms with van der Waals surface area (Å²) in [5.74, 6) is 0.583. The van der Waals surface area contributed by atoms with Crippen molar-refractivity contribution in [3.63, 3.8) is 0 Å². The molecule has 0 saturated heterocycles. The van der Waals surface area contributed by atoms with Gasteiger partial charge in [0.05, 0.1) is 18.5 Å². The molecule has 0 unspecified atom stereocenters. The predicted molar refractivity (Wildman–Crippen MR) is 82.8 cm³/mol. The van der Waals surface area contributed by atoms with Gasteiger partial charge in [0.15, 0.2) is 6.29 Å². The lowest BCUT2D eigenvalue weighted by atomic mass is 10.2. The van der Waals surface area contributed by atoms with Gasteiger partial charge in [0, 0.05) is 19.5 Å². The van der Waals surface area contributed by atoms with Crippen molar-refractivity contribution in [2.45, 2.75) is 39.8 Å². The monoisotopic (exact) mass is 313 g/mol. The lowest BCUT2D eigenvalue weighted by Crippen LogP contribution is -2.27. The van der Waals surface area contributed by atoms with Crippen molar-refractivity contribution in [3.8, 4) is 0 Å². The summed E-state index contributed by atoms with van der Waals surface area (Å²) in [4.78, 5) is 15.9. The highest BCUT2D eigenvalue weighted by Crippen LogP contribution is 2.19. The molecule has 0 N–H and O–H groups in total. The van der Waals surface area contributed by atoms with Crippen LogP contribution in [0.4, 0.5) is 0 Å². The first-order valence-electron chi connectivity index (χ1n) is 6.80. The van der Waals surface area contributed by atoms with E-state index in [9.17, 15) is 13.2 Å². The second-order valence-electron chi connectivity index (χ2n) is 5.23. The van der Waals surface area contributed by atoms with Crippen LogP contribution in [-0.4, -0.2) is 41.9 Å². The molecule has 0 aliphatic rings. The Hall–Kier alpha value is -1.47. The molecular weight excluding hydrogens is 290 g/mol. The van der Waals surface area contributed by atoms with Gasteiger partial charge in [-0.15, -0.1) is 0 Å². The normalized spacial score (nSPS) is 12.7. The summed E-state index contributed by atoms with van der Waals surface area (Å²) in [5.41, 5.74) is 1.19. The minimum absolute atomic E-state index is 0.0278. The van der Waals surface area contributed by atoms with Crippen molar-refractivity contribution in [2.75, 3.05) is 13.3 Å². The molecule has 0 aliphatic carbocycles. The summed E-state index contributed by atoms with van der Waals surface area (Å²) >= 11 is 0. The smallest absolute Gasteiger partial charge is 0.211 e. The van der Waals surface area contributed by atoms with Crippen molar-refractivity contribution in [1.82, 2.24) is 13.9 Å². The van der Waals surface area contributed by atoms with Gasteiger partial charge in [-0.05, 0) is 20.8 Å². The molecule has 0 spiro atoms. The van der Waals surface area contributed by atoms with E-state index < -0.39 is 10.0 Å². The predicted octanol–water partition coefficient (Wildman–Crippen LogP) is 1.79. The van der Waals surface area contributed by atoms with Gasteiger partial charge in [-0.2, -0.15) is 4.31 Å². The number of nitrogens with zero attached hydrogens (tertiary/aromatic N) is 3. The van der Waals surface area contributed by atoms with Crippen LogP contribution in [0.25, 0.3) is 0 Å². The van der Waals surface area contributed by atoms with E-state index in [1.807, 2.05) is 32.9 Å². The summed E-state index contributed by atoms with van der Waals surface area (Å²) in [5, 5.41) is 0. The third kappa shape index (κ3) is 4.25. The number of carbonyl (C=O) groups is 1. The molecule has 0 aliphatic heterocycles. The molecular formula is C14H23N3O3S. The maximum absolute atomic E-state index is 11.6. The van der Waals surface area contributed by atoms with Crippen molar-refractivity contribution in [3.05, 3.63) is 29.4 Å². The van der Waals surface area contributed by atoms with Gasteiger partial charge in [-0.3, -0.25) is 4.79 Å². The van der Waals surface area contributed by atoms with E-state index in [-0.39, 0.29) is 12.6 Å². The van der Waals surface area contributed by atoms with E-state index in [1.165, 1.54) is 11.4 Å². The Bertz CT molecular complexity index is 630. The van der Waals surface area contributed by atoms with E-state index in [1.54, 1.807) is 4.57 Å². The fourth-order valence-corrected chi connectivity index (χ4v) is 2.40. The lowest BCUT2D eigenvalue weighted by Gasteiger charge is -2.17. The Kier molecular flexibility index (Phi) is 5.86. The van der Waals surface area contributed by atoms with Crippen LogP contribution in [0, 0.1) is 0 Å². The second-order valence-corrected chi connectivity index (χ2v) is 7.32. The van der Waals surface area contributed by atoms with Crippen LogP contribution in [0.2, 0.25) is 0 Å². The van der Waals surface area contributed by atoms with Crippen molar-refractivity contribution in [1.29, 1.82) is 0 Å². The molecule has 0 bridgehead atoms. The van der Waals surface area contributed by atoms with Crippen molar-refractivity contribution >= 4 is 16.3 Å². The zero-order valence-corrected chi connectivity index (χ0v) is 14.0. The Balaban J connectivity index is 3.30. The van der Waals surface area contributed by atoms with E-state index >= 15 is 0 Å². The maximum atomic E-state index is 11.6. The fraction of sp³-hybridized carbons (Fsp3) is 0.571. The number of aromatic nitrogens is 2. The number of allylic oxidation sites excluding steroid dienone is 2. The fourth-order valence-electron chi connectivity index (χ4n) is 2.05. The summed E-state index contributed by atoms with van der Waals surface area (Å²) < 4.78 is 26.1. The van der Waals surface area contributed by atoms with Gasteiger partial charge in [-0.1, -0.05) is 12.2 Å². The molecule has 1 aromatic heterocycles. The van der Waals surface area contributed by atoms with Crippen LogP contribution in [0.5, 0.6) is 0 Å². The molecule has 0 fully saturated rings. The zero-order valence-electron chi connectivity index (χ0n) is 13.2. The Morgan fingerprint density at radius 3 is 2.43 bits per heavy atom. The molecule has 118 valence electrons. The Labute approximate surface area is 126 Å². The molecule has 21 heavy (non-hydrogen) atoms. The number of hydrogen-bond acceptors (Lipinski definition) is 4. The summed E-state index contributed by atoms with van der Waals surface area (Å²) in [6, 6.07) is 0.0278. The number of aldehydes is 1. The first-order chi connectivity index (χ1) is 9.72. The number of hydrogen-bond donors (Lipinski definition) is 0. The molecule has 0 amide bonds. The van der Waals surface area contributed by atoms with Crippen LogP contribution in [0.15, 0.2) is 12.2 Å². The first kappa shape index (κ1) is 17.6. The van der Waals surface area contributed by atoms with Gasteiger partial charge < -0.3 is 4.57 Å². The van der Waals surface area contributed by atoms with Crippen LogP contribution < -0.4 is 0 Å². The number of imidazole rings is 1. The Morgan fingerprint density at radius 1 is 1.38 bits per heavy atom. The average Bonchev–Trinajstić information content (AvgIpc) is 2.72. The van der Waals surface area contributed by atoms with Gasteiger partial charge in [0.25, 0.3) is 0 Å². The Morgan fingerprint density at radius 2 is 2.00 bits per heavy atom. The third-order valence-electron chi connectivity index (χ3n) is 3.20. The highest BCUT2D eigenvalue weighted by Gasteiger charge is 2.21. The van der Waals surface area contributed by atoms with E-state index in [4.69, 9.17) is 0 Å². The third-order valence-corrected chi connectivity index (χ3v) is 4.46. The molecule has 1 aromatic rings. The highest BCUT2D eigenvalue weighted by atomic mass is 32.2. The summed E-state index contributed by atoms with van der Waals surface area (Å²) in [7, 11) is -1.79. The standard InChI is InChI=1S/C14H23N3O3S/c1-6-7-8-12-13(10-18)17(11(2)3)14(15-12)9-16(4)21(5,19)20/h6-7,10-11H,8-9H2,1-5H3/b7-6-. The van der Waals surface area contributed by atoms with Gasteiger partial charge in [0.1, 0.15) is 11.5 Å². The molecule has 0 aromatic carbocycles. The molecule has 0 saturated carbocycles. The quantitative estimate of drug-likeness (QED) is 0.568. The maximum Gasteiger partial charge on any atom is 0.211 e. The summed E-state index contributed by atoms with van der Waals surface area (Å²) in [6.45, 7) is 5.93. The van der Waals surface area contributed by atoms with Crippen LogP contribution >= 0.6 is 0 Å². The number of carbonyl (C=O) groups excluding carboxylic acids is 1. The summed E-state index contributed by atoms with van der Waals surface area (Å²) in [6.07, 6.45) is 6.31. The largest absolute Gasteiger partial charge is 0.322 e. The van der Waals surface area contributed by atoms with Crippen molar-refractivity contribution in [2.24, 2.45) is 0 Å². The molecule has 0 atom stereocenters. The molecule has 0 radical (unpaired) electrons. The molecule has 7 heteroatoms. The molecule has 1 heterocycles. The topological polar surface area (TPSA) is 72.3 Å². The SMILES string of the molecule is C/C=C\Cc1nc(CN(C)S(C)(=O)=O)n(C(C)C)c1C=O. The van der Waals surface area contributed by atoms with Crippen LogP contribution in [-0.2, 0) is 23.0 Å². The minimum atomic E-state index is -3.29. The minimum Gasteiger partial charge on any atom is -0.322 e. The van der Waals surface area contributed by atoms with Gasteiger partial charge in [-0.25, -0.2) is 13.4 Å². The molecule has 6 nitrogen and oxygen atoms in total. The van der Waals surface area contributed by atoms with E-state index in [0.29, 0.717) is 23.6 Å². The lowest BCUT2D eigenvalue weighted by molar-refractivity contribution is 0.111. The number of sulfonamides is 1. The molecule has 1 rings (SSSR count). The van der Waals surface area contributed by atoms with Gasteiger partial charge >= 0.3 is 0 Å².